The van der Waals surface area contributed by atoms with Gasteiger partial charge in [-0.05, 0) is 522 Å². The molecule has 0 radical (unpaired) electrons. The summed E-state index contributed by atoms with van der Waals surface area (Å²) in [6.45, 7) is 93.0. The average Bonchev–Trinajstić information content (AvgIpc) is 1.53. The normalized spacial score (nSPS) is 14.5. The predicted molar refractivity (Wildman–Crippen MR) is 655 cm³/mol. The molecule has 5 aliphatic rings. The molecule has 0 saturated heterocycles. The third-order valence-corrected chi connectivity index (χ3v) is 36.9. The fraction of sp³-hybridized carbons (Fsp3) is 0.360. The predicted octanol–water partition coefficient (Wildman–Crippen LogP) is 41.8. The fourth-order valence-electron chi connectivity index (χ4n) is 25.4. The van der Waals surface area contributed by atoms with Crippen molar-refractivity contribution < 1.29 is 0 Å². The topological polar surface area (TPSA) is 0 Å². The number of hydrogen-bond donors (Lipinski definition) is 0. The van der Waals surface area contributed by atoms with Crippen LogP contribution in [0.5, 0.6) is 0 Å². The highest BCUT2D eigenvalue weighted by molar-refractivity contribution is 5.91. The van der Waals surface area contributed by atoms with Gasteiger partial charge in [-0.1, -0.05) is 365 Å². The molecule has 16 aromatic rings. The van der Waals surface area contributed by atoms with E-state index >= 15 is 0 Å². The van der Waals surface area contributed by atoms with Gasteiger partial charge in [-0.2, -0.15) is 0 Å². The van der Waals surface area contributed by atoms with Crippen molar-refractivity contribution in [2.75, 3.05) is 0 Å². The van der Waals surface area contributed by atoms with E-state index in [2.05, 4.69) is 533 Å². The molecule has 0 heteroatoms. The molecule has 0 spiro atoms. The molecule has 0 fully saturated rings. The third-order valence-electron chi connectivity index (χ3n) is 36.9. The summed E-state index contributed by atoms with van der Waals surface area (Å²) in [5, 5.41) is 0. The van der Waals surface area contributed by atoms with Crippen molar-refractivity contribution >= 4 is 0 Å². The Morgan fingerprint density at radius 2 is 0.373 bits per heavy atom. The molecule has 0 N–H and O–H groups in total. The van der Waals surface area contributed by atoms with Crippen LogP contribution in [-0.2, 0) is 37.9 Å². The minimum atomic E-state index is -0.303. The summed E-state index contributed by atoms with van der Waals surface area (Å²) in [5.74, 6) is 1.29. The van der Waals surface area contributed by atoms with Crippen molar-refractivity contribution in [3.8, 4) is 89.0 Å². The Bertz CT molecular complexity index is 7170. The van der Waals surface area contributed by atoms with Crippen molar-refractivity contribution in [1.82, 2.24) is 0 Å². The third kappa shape index (κ3) is 20.1. The van der Waals surface area contributed by atoms with Crippen LogP contribution in [0.1, 0.15) is 353 Å². The van der Waals surface area contributed by atoms with Crippen LogP contribution in [0.25, 0.3) is 89.0 Å². The van der Waals surface area contributed by atoms with E-state index in [1.54, 1.807) is 11.1 Å². The zero-order valence-electron chi connectivity index (χ0n) is 99.7. The maximum atomic E-state index is 2.54. The van der Waals surface area contributed by atoms with Crippen molar-refractivity contribution in [2.45, 2.75) is 347 Å². The zero-order valence-corrected chi connectivity index (χ0v) is 99.7. The summed E-state index contributed by atoms with van der Waals surface area (Å²) in [5.41, 5.74) is 77.3. The van der Waals surface area contributed by atoms with E-state index in [-0.39, 0.29) is 37.9 Å². The Morgan fingerprint density at radius 1 is 0.193 bits per heavy atom. The molecule has 0 heterocycles. The first-order chi connectivity index (χ1) is 70.4. The molecule has 0 aliphatic heterocycles. The lowest BCUT2D eigenvalue weighted by Crippen LogP contribution is -2.40. The van der Waals surface area contributed by atoms with Gasteiger partial charge < -0.3 is 0 Å². The molecule has 2 unspecified atom stereocenters. The second-order valence-electron chi connectivity index (χ2n) is 50.6. The van der Waals surface area contributed by atoms with E-state index in [4.69, 9.17) is 0 Å². The number of fused-ring (bicyclic) bond motifs is 15. The summed E-state index contributed by atoms with van der Waals surface area (Å²) >= 11 is 0. The lowest BCUT2D eigenvalue weighted by molar-refractivity contribution is 0.222. The van der Waals surface area contributed by atoms with Crippen LogP contribution in [0.3, 0.4) is 0 Å². The molecule has 150 heavy (non-hydrogen) atoms. The lowest BCUT2D eigenvalue weighted by Gasteiger charge is -2.44. The first-order valence-corrected chi connectivity index (χ1v) is 56.2. The second-order valence-corrected chi connectivity index (χ2v) is 50.6. The smallest absolute Gasteiger partial charge is 0.0654 e. The molecular weight excluding hydrogens is 1800 g/mol. The maximum Gasteiger partial charge on any atom is 0.0713 e. The first kappa shape index (κ1) is 110. The van der Waals surface area contributed by atoms with E-state index in [1.165, 1.54) is 321 Å². The molecule has 0 bridgehead atoms. The standard InChI is InChI=1S/C35H40.C31H30.C27H38.3C19H22/c1-23-18-28(19-24(2)25(23)3)31-21-29(26-10-14-32(15-11-26)34(4,5)6)20-30(22-31)27-12-16-33(17-13-27)35(7,8)9;1-19-7-11-25(12-8-19)31(26-13-9-20(2)10-14-26)29-17-23(5)21(3)15-27(29)28-16-22(4)24(6)18-30(28)31;1-9-11-21(7)27(22(8)12-10-2)25-15-19(5)17(3)13-23(25)24-14-18(4)20(6)16-26(24)27;3*1-11-7-15-16-8-12(2)14(4)10-18(16)19(5,6)17(15)9-13(11)3/h10-22H,1-9H3;7-18H,1-6H3;13-16,21-22H,9-12H2,1-8H3;3*7-10H,1-6H3. The molecule has 0 saturated carbocycles. The monoisotopic (exact) mass is 1980 g/mol. The summed E-state index contributed by atoms with van der Waals surface area (Å²) in [4.78, 5) is 0. The van der Waals surface area contributed by atoms with Crippen LogP contribution in [0.15, 0.2) is 249 Å². The van der Waals surface area contributed by atoms with Gasteiger partial charge in [-0.25, -0.2) is 0 Å². The first-order valence-electron chi connectivity index (χ1n) is 56.2. The van der Waals surface area contributed by atoms with E-state index < -0.39 is 0 Å². The van der Waals surface area contributed by atoms with Gasteiger partial charge in [0.25, 0.3) is 0 Å². The summed E-state index contributed by atoms with van der Waals surface area (Å²) in [6.07, 6.45) is 5.07. The molecule has 774 valence electrons. The molecule has 0 nitrogen and oxygen atoms in total. The van der Waals surface area contributed by atoms with Gasteiger partial charge >= 0.3 is 0 Å². The SMILES string of the molecule is CCCC(C)C1(C(C)CCC)c2cc(C)c(C)cc2-c2cc(C)c(C)cc21.Cc1cc(-c2cc(-c3ccc(C(C)(C)C)cc3)cc(-c3ccc(C(C)(C)C)cc3)c2)cc(C)c1C.Cc1cc2c(cc1C)C(C)(C)c1cc(C)c(C)cc1-2.Cc1cc2c(cc1C)C(C)(C)c1cc(C)c(C)cc1-2.Cc1cc2c(cc1C)C(C)(C)c1cc(C)c(C)cc1-2.Cc1ccc(C2(c3ccc(C)cc3)c3cc(C)c(C)cc3-c3cc(C)c(C)cc32)cc1. The van der Waals surface area contributed by atoms with E-state index in [1.807, 2.05) is 0 Å². The van der Waals surface area contributed by atoms with Gasteiger partial charge in [0.05, 0.1) is 5.41 Å². The van der Waals surface area contributed by atoms with Gasteiger partial charge in [0.15, 0.2) is 0 Å². The summed E-state index contributed by atoms with van der Waals surface area (Å²) in [6, 6.07) is 96.5. The minimum Gasteiger partial charge on any atom is -0.0654 e. The largest absolute Gasteiger partial charge is 0.0713 e. The highest BCUT2D eigenvalue weighted by Gasteiger charge is 2.52. The quantitative estimate of drug-likeness (QED) is 0.121. The minimum absolute atomic E-state index is 0.127. The molecule has 2 atom stereocenters. The molecular formula is C150H174. The lowest BCUT2D eigenvalue weighted by atomic mass is 9.59. The highest BCUT2D eigenvalue weighted by atomic mass is 14.5. The highest BCUT2D eigenvalue weighted by Crippen LogP contribution is 2.62. The van der Waals surface area contributed by atoms with Gasteiger partial charge in [0, 0.05) is 21.7 Å². The van der Waals surface area contributed by atoms with Gasteiger partial charge in [-0.15, -0.1) is 0 Å². The maximum absolute atomic E-state index is 2.54. The van der Waals surface area contributed by atoms with E-state index in [0.29, 0.717) is 11.8 Å². The van der Waals surface area contributed by atoms with Crippen molar-refractivity contribution in [3.05, 3.63) is 466 Å². The molecule has 0 aromatic heterocycles. The Morgan fingerprint density at radius 3 is 0.587 bits per heavy atom. The van der Waals surface area contributed by atoms with Crippen molar-refractivity contribution in [1.29, 1.82) is 0 Å². The number of benzene rings is 16. The van der Waals surface area contributed by atoms with Crippen LogP contribution >= 0.6 is 0 Å². The van der Waals surface area contributed by atoms with Crippen LogP contribution < -0.4 is 0 Å². The van der Waals surface area contributed by atoms with Gasteiger partial charge in [-0.3, -0.25) is 0 Å². The summed E-state index contributed by atoms with van der Waals surface area (Å²) in [7, 11) is 0. The molecule has 5 aliphatic carbocycles. The number of aryl methyl sites for hydroxylation is 24. The zero-order chi connectivity index (χ0) is 109. The van der Waals surface area contributed by atoms with Gasteiger partial charge in [0.2, 0.25) is 0 Å². The van der Waals surface area contributed by atoms with E-state index in [0.717, 1.165) is 0 Å². The molecule has 0 amide bonds. The Labute approximate surface area is 907 Å². The van der Waals surface area contributed by atoms with Crippen LogP contribution in [-0.4, -0.2) is 0 Å². The Hall–Kier alpha value is -12.5. The molecule has 16 aromatic carbocycles. The van der Waals surface area contributed by atoms with Crippen LogP contribution in [0.4, 0.5) is 0 Å². The van der Waals surface area contributed by atoms with Crippen molar-refractivity contribution in [2.24, 2.45) is 11.8 Å². The van der Waals surface area contributed by atoms with Crippen LogP contribution in [0.2, 0.25) is 0 Å². The molecule has 21 rings (SSSR count). The van der Waals surface area contributed by atoms with Crippen molar-refractivity contribution in [3.63, 3.8) is 0 Å². The second kappa shape index (κ2) is 41.6. The van der Waals surface area contributed by atoms with Crippen LogP contribution in [0, 0.1) is 185 Å². The fourth-order valence-corrected chi connectivity index (χ4v) is 25.4. The Balaban J connectivity index is 0.000000130. The summed E-state index contributed by atoms with van der Waals surface area (Å²) < 4.78 is 0. The average molecular weight is 1980 g/mol. The number of rotatable bonds is 11. The number of hydrogen-bond acceptors (Lipinski definition) is 0. The van der Waals surface area contributed by atoms with E-state index in [9.17, 15) is 0 Å². The van der Waals surface area contributed by atoms with Gasteiger partial charge in [0.1, 0.15) is 0 Å². The Kier molecular flexibility index (Phi) is 30.6.